The van der Waals surface area contributed by atoms with Gasteiger partial charge in [0, 0.05) is 17.2 Å². The van der Waals surface area contributed by atoms with Gasteiger partial charge < -0.3 is 15.4 Å². The van der Waals surface area contributed by atoms with E-state index in [4.69, 9.17) is 4.74 Å². The van der Waals surface area contributed by atoms with Crippen molar-refractivity contribution < 1.29 is 9.53 Å². The van der Waals surface area contributed by atoms with Crippen molar-refractivity contribution >= 4 is 27.7 Å². The van der Waals surface area contributed by atoms with E-state index in [2.05, 4.69) is 31.5 Å². The lowest BCUT2D eigenvalue weighted by Gasteiger charge is -2.24. The van der Waals surface area contributed by atoms with E-state index in [-0.39, 0.29) is 6.04 Å². The van der Waals surface area contributed by atoms with Crippen LogP contribution in [0, 0.1) is 0 Å². The molecule has 0 aliphatic rings. The van der Waals surface area contributed by atoms with Gasteiger partial charge in [-0.05, 0) is 54.8 Å². The van der Waals surface area contributed by atoms with Crippen LogP contribution < -0.4 is 10.6 Å². The van der Waals surface area contributed by atoms with E-state index >= 15 is 0 Å². The smallest absolute Gasteiger partial charge is 0.407 e. The molecule has 0 aliphatic carbocycles. The number of ether oxygens (including phenoxy) is 1. The summed E-state index contributed by atoms with van der Waals surface area (Å²) in [6, 6.07) is 11.9. The van der Waals surface area contributed by atoms with Gasteiger partial charge in [-0.25, -0.2) is 4.79 Å². The maximum absolute atomic E-state index is 12.1. The standard InChI is InChI=1S/C19H24BrN3O2/c1-19(2,3)25-18(24)23-17(9-14-7-5-4-6-8-14)13-22-16-10-15(20)11-21-12-16/h4-8,10-12,17,22H,9,13H2,1-3H3,(H,23,24). The molecule has 0 saturated heterocycles. The molecule has 0 radical (unpaired) electrons. The Morgan fingerprint density at radius 1 is 1.24 bits per heavy atom. The average Bonchev–Trinajstić information content (AvgIpc) is 2.52. The SMILES string of the molecule is CC(C)(C)OC(=O)NC(CNc1cncc(Br)c1)Cc1ccccc1. The third kappa shape index (κ3) is 7.56. The highest BCUT2D eigenvalue weighted by Crippen LogP contribution is 2.14. The van der Waals surface area contributed by atoms with Crippen molar-refractivity contribution in [3.63, 3.8) is 0 Å². The third-order valence-electron chi connectivity index (χ3n) is 3.30. The quantitative estimate of drug-likeness (QED) is 0.747. The summed E-state index contributed by atoms with van der Waals surface area (Å²) in [4.78, 5) is 16.3. The summed E-state index contributed by atoms with van der Waals surface area (Å²) in [6.45, 7) is 6.12. The van der Waals surface area contributed by atoms with Gasteiger partial charge in [0.25, 0.3) is 0 Å². The summed E-state index contributed by atoms with van der Waals surface area (Å²) in [5.74, 6) is 0. The molecule has 1 amide bonds. The van der Waals surface area contributed by atoms with E-state index in [0.29, 0.717) is 13.0 Å². The Morgan fingerprint density at radius 3 is 2.60 bits per heavy atom. The second kappa shape index (κ2) is 8.85. The zero-order valence-corrected chi connectivity index (χ0v) is 16.3. The highest BCUT2D eigenvalue weighted by molar-refractivity contribution is 9.10. The Kier molecular flexibility index (Phi) is 6.82. The van der Waals surface area contributed by atoms with E-state index in [1.807, 2.05) is 57.2 Å². The number of carbonyl (C=O) groups excluding carboxylic acids is 1. The van der Waals surface area contributed by atoms with Gasteiger partial charge in [0.05, 0.1) is 17.9 Å². The largest absolute Gasteiger partial charge is 0.444 e. The predicted octanol–water partition coefficient (Wildman–Crippen LogP) is 4.39. The number of halogens is 1. The fourth-order valence-corrected chi connectivity index (χ4v) is 2.66. The van der Waals surface area contributed by atoms with Gasteiger partial charge in [0.1, 0.15) is 5.60 Å². The number of hydrogen-bond donors (Lipinski definition) is 2. The minimum absolute atomic E-state index is 0.115. The minimum atomic E-state index is -0.525. The summed E-state index contributed by atoms with van der Waals surface area (Å²) >= 11 is 3.40. The molecule has 1 heterocycles. The van der Waals surface area contributed by atoms with Crippen molar-refractivity contribution in [2.45, 2.75) is 38.8 Å². The number of amides is 1. The number of carbonyl (C=O) groups is 1. The van der Waals surface area contributed by atoms with Gasteiger partial charge in [-0.2, -0.15) is 0 Å². The first-order valence-electron chi connectivity index (χ1n) is 8.20. The summed E-state index contributed by atoms with van der Waals surface area (Å²) < 4.78 is 6.28. The average molecular weight is 406 g/mol. The fourth-order valence-electron chi connectivity index (χ4n) is 2.30. The van der Waals surface area contributed by atoms with Crippen LogP contribution in [0.1, 0.15) is 26.3 Å². The maximum Gasteiger partial charge on any atom is 0.407 e. The minimum Gasteiger partial charge on any atom is -0.444 e. The number of alkyl carbamates (subject to hydrolysis) is 1. The number of nitrogens with one attached hydrogen (secondary N) is 2. The Labute approximate surface area is 157 Å². The van der Waals surface area contributed by atoms with Crippen LogP contribution in [-0.2, 0) is 11.2 Å². The van der Waals surface area contributed by atoms with Crippen LogP contribution in [0.25, 0.3) is 0 Å². The molecular formula is C19H24BrN3O2. The number of benzene rings is 1. The van der Waals surface area contributed by atoms with Crippen molar-refractivity contribution in [2.24, 2.45) is 0 Å². The first kappa shape index (κ1) is 19.2. The molecule has 1 aromatic carbocycles. The Bertz CT molecular complexity index is 687. The van der Waals surface area contributed by atoms with Crippen molar-refractivity contribution in [1.29, 1.82) is 0 Å². The molecule has 1 atom stereocenters. The van der Waals surface area contributed by atoms with Crippen LogP contribution in [0.15, 0.2) is 53.3 Å². The van der Waals surface area contributed by atoms with Crippen LogP contribution in [0.3, 0.4) is 0 Å². The van der Waals surface area contributed by atoms with Crippen LogP contribution in [-0.4, -0.2) is 29.3 Å². The molecule has 6 heteroatoms. The number of pyridine rings is 1. The van der Waals surface area contributed by atoms with Gasteiger partial charge in [-0.15, -0.1) is 0 Å². The Morgan fingerprint density at radius 2 is 1.96 bits per heavy atom. The highest BCUT2D eigenvalue weighted by atomic mass is 79.9. The van der Waals surface area contributed by atoms with Crippen LogP contribution in [0.4, 0.5) is 10.5 Å². The van der Waals surface area contributed by atoms with E-state index in [9.17, 15) is 4.79 Å². The normalized spacial score (nSPS) is 12.3. The van der Waals surface area contributed by atoms with Gasteiger partial charge in [-0.1, -0.05) is 30.3 Å². The molecule has 0 saturated carbocycles. The molecule has 2 N–H and O–H groups in total. The summed E-state index contributed by atoms with van der Waals surface area (Å²) in [7, 11) is 0. The van der Waals surface area contributed by atoms with E-state index < -0.39 is 11.7 Å². The summed E-state index contributed by atoms with van der Waals surface area (Å²) in [6.07, 6.45) is 3.76. The van der Waals surface area contributed by atoms with Crippen molar-refractivity contribution in [3.05, 3.63) is 58.8 Å². The van der Waals surface area contributed by atoms with E-state index in [1.54, 1.807) is 12.4 Å². The molecular weight excluding hydrogens is 382 g/mol. The molecule has 0 fully saturated rings. The lowest BCUT2D eigenvalue weighted by atomic mass is 10.1. The molecule has 0 spiro atoms. The maximum atomic E-state index is 12.1. The number of anilines is 1. The Hall–Kier alpha value is -2.08. The molecule has 0 bridgehead atoms. The van der Waals surface area contributed by atoms with E-state index in [0.717, 1.165) is 15.7 Å². The summed E-state index contributed by atoms with van der Waals surface area (Å²) in [5, 5.41) is 6.26. The fraction of sp³-hybridized carbons (Fsp3) is 0.368. The highest BCUT2D eigenvalue weighted by Gasteiger charge is 2.19. The third-order valence-corrected chi connectivity index (χ3v) is 3.74. The van der Waals surface area contributed by atoms with Crippen molar-refractivity contribution in [2.75, 3.05) is 11.9 Å². The van der Waals surface area contributed by atoms with Gasteiger partial charge in [-0.3, -0.25) is 4.98 Å². The Balaban J connectivity index is 2.01. The van der Waals surface area contributed by atoms with Crippen molar-refractivity contribution in [1.82, 2.24) is 10.3 Å². The zero-order valence-electron chi connectivity index (χ0n) is 14.8. The number of hydrogen-bond acceptors (Lipinski definition) is 4. The molecule has 2 rings (SSSR count). The van der Waals surface area contributed by atoms with Gasteiger partial charge >= 0.3 is 6.09 Å². The first-order chi connectivity index (χ1) is 11.8. The lowest BCUT2D eigenvalue weighted by molar-refractivity contribution is 0.0507. The number of nitrogens with zero attached hydrogens (tertiary/aromatic N) is 1. The van der Waals surface area contributed by atoms with Crippen molar-refractivity contribution in [3.8, 4) is 0 Å². The second-order valence-electron chi connectivity index (χ2n) is 6.81. The molecule has 5 nitrogen and oxygen atoms in total. The zero-order chi connectivity index (χ0) is 18.3. The second-order valence-corrected chi connectivity index (χ2v) is 7.72. The molecule has 2 aromatic rings. The molecule has 25 heavy (non-hydrogen) atoms. The predicted molar refractivity (Wildman–Crippen MR) is 104 cm³/mol. The number of rotatable bonds is 6. The molecule has 1 aromatic heterocycles. The monoisotopic (exact) mass is 405 g/mol. The van der Waals surface area contributed by atoms with Gasteiger partial charge in [0.15, 0.2) is 0 Å². The number of aromatic nitrogens is 1. The van der Waals surface area contributed by atoms with Crippen LogP contribution in [0.2, 0.25) is 0 Å². The van der Waals surface area contributed by atoms with Gasteiger partial charge in [0.2, 0.25) is 0 Å². The molecule has 0 aliphatic heterocycles. The summed E-state index contributed by atoms with van der Waals surface area (Å²) in [5.41, 5.74) is 1.51. The van der Waals surface area contributed by atoms with E-state index in [1.165, 1.54) is 0 Å². The van der Waals surface area contributed by atoms with Crippen LogP contribution in [0.5, 0.6) is 0 Å². The topological polar surface area (TPSA) is 63.2 Å². The lowest BCUT2D eigenvalue weighted by Crippen LogP contribution is -2.43. The first-order valence-corrected chi connectivity index (χ1v) is 8.99. The van der Waals surface area contributed by atoms with Crippen LogP contribution >= 0.6 is 15.9 Å². The molecule has 1 unspecified atom stereocenters. The molecule has 134 valence electrons.